The lowest BCUT2D eigenvalue weighted by Crippen LogP contribution is -2.39. The molecule has 2 aliphatic rings. The molecule has 2 N–H and O–H groups in total. The summed E-state index contributed by atoms with van der Waals surface area (Å²) in [5.41, 5.74) is 5.94. The summed E-state index contributed by atoms with van der Waals surface area (Å²) in [4.78, 5) is 11.5. The molecule has 3 nitrogen and oxygen atoms in total. The van der Waals surface area contributed by atoms with Crippen LogP contribution in [0.1, 0.15) is 13.3 Å². The van der Waals surface area contributed by atoms with Gasteiger partial charge in [0, 0.05) is 6.04 Å². The molecule has 0 radical (unpaired) electrons. The van der Waals surface area contributed by atoms with Crippen LogP contribution in [-0.2, 0) is 9.53 Å². The molecule has 2 aliphatic carbocycles. The lowest BCUT2D eigenvalue weighted by atomic mass is 9.90. The molecule has 0 aliphatic heterocycles. The molecule has 0 aromatic carbocycles. The van der Waals surface area contributed by atoms with Gasteiger partial charge in [-0.15, -0.1) is 0 Å². The third-order valence-electron chi connectivity index (χ3n) is 3.08. The molecule has 72 valence electrons. The second kappa shape index (κ2) is 3.14. The molecule has 13 heavy (non-hydrogen) atoms. The highest BCUT2D eigenvalue weighted by Crippen LogP contribution is 2.43. The number of esters is 1. The Hall–Kier alpha value is -0.830. The van der Waals surface area contributed by atoms with Crippen LogP contribution in [0.5, 0.6) is 0 Å². The van der Waals surface area contributed by atoms with Gasteiger partial charge >= 0.3 is 5.97 Å². The van der Waals surface area contributed by atoms with Gasteiger partial charge in [0.2, 0.25) is 0 Å². The van der Waals surface area contributed by atoms with Gasteiger partial charge in [-0.25, -0.2) is 0 Å². The summed E-state index contributed by atoms with van der Waals surface area (Å²) in [6.07, 6.45) is 5.27. The Labute approximate surface area is 77.9 Å². The summed E-state index contributed by atoms with van der Waals surface area (Å²) in [6, 6.07) is -0.0194. The third kappa shape index (κ3) is 1.27. The number of hydrogen-bond acceptors (Lipinski definition) is 3. The standard InChI is InChI=1S/C10H15NO2/c1-2-13-10(12)8-6-3-4-7(5-6)9(8)11/h3-4,6-9H,2,5,11H2,1H3/t6?,7?,8-,9+/m0/s1. The van der Waals surface area contributed by atoms with E-state index in [9.17, 15) is 4.79 Å². The first kappa shape index (κ1) is 8.75. The van der Waals surface area contributed by atoms with Crippen molar-refractivity contribution in [1.29, 1.82) is 0 Å². The molecular formula is C10H15NO2. The molecule has 2 bridgehead atoms. The number of hydrogen-bond donors (Lipinski definition) is 1. The molecule has 0 saturated heterocycles. The summed E-state index contributed by atoms with van der Waals surface area (Å²) >= 11 is 0. The number of nitrogens with two attached hydrogens (primary N) is 1. The van der Waals surface area contributed by atoms with Gasteiger partial charge in [-0.3, -0.25) is 4.79 Å². The first-order chi connectivity index (χ1) is 6.24. The fraction of sp³-hybridized carbons (Fsp3) is 0.700. The van der Waals surface area contributed by atoms with Crippen LogP contribution in [0.3, 0.4) is 0 Å². The van der Waals surface area contributed by atoms with Crippen molar-refractivity contribution in [3.63, 3.8) is 0 Å². The van der Waals surface area contributed by atoms with Gasteiger partial charge in [-0.2, -0.15) is 0 Å². The van der Waals surface area contributed by atoms with Gasteiger partial charge in [0.1, 0.15) is 0 Å². The zero-order chi connectivity index (χ0) is 9.42. The Kier molecular flexibility index (Phi) is 2.12. The molecular weight excluding hydrogens is 166 g/mol. The average Bonchev–Trinajstić information content (AvgIpc) is 2.63. The molecule has 0 heterocycles. The third-order valence-corrected chi connectivity index (χ3v) is 3.08. The molecule has 2 unspecified atom stereocenters. The zero-order valence-corrected chi connectivity index (χ0v) is 7.77. The number of rotatable bonds is 2. The van der Waals surface area contributed by atoms with Crippen LogP contribution in [-0.4, -0.2) is 18.6 Å². The first-order valence-electron chi connectivity index (χ1n) is 4.84. The van der Waals surface area contributed by atoms with Gasteiger partial charge < -0.3 is 10.5 Å². The summed E-state index contributed by atoms with van der Waals surface area (Å²) in [7, 11) is 0. The normalized spacial score (nSPS) is 41.1. The monoisotopic (exact) mass is 181 g/mol. The van der Waals surface area contributed by atoms with Crippen LogP contribution >= 0.6 is 0 Å². The van der Waals surface area contributed by atoms with E-state index < -0.39 is 0 Å². The maximum atomic E-state index is 11.5. The van der Waals surface area contributed by atoms with Crippen LogP contribution in [0, 0.1) is 17.8 Å². The molecule has 1 fully saturated rings. The van der Waals surface area contributed by atoms with Crippen LogP contribution in [0.4, 0.5) is 0 Å². The predicted octanol–water partition coefficient (Wildman–Crippen LogP) is 0.699. The van der Waals surface area contributed by atoms with E-state index in [4.69, 9.17) is 10.5 Å². The van der Waals surface area contributed by atoms with Crippen molar-refractivity contribution in [2.75, 3.05) is 6.61 Å². The largest absolute Gasteiger partial charge is 0.466 e. The number of fused-ring (bicyclic) bond motifs is 2. The van der Waals surface area contributed by atoms with E-state index in [-0.39, 0.29) is 17.9 Å². The highest BCUT2D eigenvalue weighted by molar-refractivity contribution is 5.75. The number of carbonyl (C=O) groups excluding carboxylic acids is 1. The van der Waals surface area contributed by atoms with E-state index in [1.165, 1.54) is 0 Å². The lowest BCUT2D eigenvalue weighted by molar-refractivity contribution is -0.149. The fourth-order valence-corrected chi connectivity index (χ4v) is 2.43. The Morgan fingerprint density at radius 2 is 2.23 bits per heavy atom. The minimum Gasteiger partial charge on any atom is -0.466 e. The van der Waals surface area contributed by atoms with E-state index in [0.717, 1.165) is 6.42 Å². The molecule has 4 atom stereocenters. The zero-order valence-electron chi connectivity index (χ0n) is 7.77. The molecule has 2 rings (SSSR count). The Morgan fingerprint density at radius 3 is 2.77 bits per heavy atom. The number of ether oxygens (including phenoxy) is 1. The van der Waals surface area contributed by atoms with Crippen LogP contribution in [0.15, 0.2) is 12.2 Å². The number of allylic oxidation sites excluding steroid dienone is 1. The van der Waals surface area contributed by atoms with Crippen molar-refractivity contribution in [2.45, 2.75) is 19.4 Å². The van der Waals surface area contributed by atoms with E-state index in [1.807, 2.05) is 6.92 Å². The van der Waals surface area contributed by atoms with Crippen molar-refractivity contribution in [3.8, 4) is 0 Å². The predicted molar refractivity (Wildman–Crippen MR) is 48.8 cm³/mol. The first-order valence-corrected chi connectivity index (χ1v) is 4.84. The van der Waals surface area contributed by atoms with Crippen LogP contribution in [0.2, 0.25) is 0 Å². The van der Waals surface area contributed by atoms with Crippen LogP contribution < -0.4 is 5.73 Å². The van der Waals surface area contributed by atoms with E-state index in [2.05, 4.69) is 12.2 Å². The second-order valence-corrected chi connectivity index (χ2v) is 3.80. The molecule has 0 aromatic heterocycles. The average molecular weight is 181 g/mol. The fourth-order valence-electron chi connectivity index (χ4n) is 2.43. The second-order valence-electron chi connectivity index (χ2n) is 3.80. The summed E-state index contributed by atoms with van der Waals surface area (Å²) in [5, 5.41) is 0. The molecule has 0 aromatic rings. The van der Waals surface area contributed by atoms with Crippen molar-refractivity contribution >= 4 is 5.97 Å². The summed E-state index contributed by atoms with van der Waals surface area (Å²) in [5.74, 6) is 0.528. The van der Waals surface area contributed by atoms with Crippen molar-refractivity contribution < 1.29 is 9.53 Å². The van der Waals surface area contributed by atoms with Gasteiger partial charge in [0.25, 0.3) is 0 Å². The number of carbonyl (C=O) groups is 1. The minimum absolute atomic E-state index is 0.0194. The van der Waals surface area contributed by atoms with Gasteiger partial charge in [-0.1, -0.05) is 12.2 Å². The Morgan fingerprint density at radius 1 is 1.54 bits per heavy atom. The van der Waals surface area contributed by atoms with E-state index in [1.54, 1.807) is 0 Å². The lowest BCUT2D eigenvalue weighted by Gasteiger charge is -2.22. The van der Waals surface area contributed by atoms with Gasteiger partial charge in [-0.05, 0) is 25.2 Å². The Bertz CT molecular complexity index is 249. The smallest absolute Gasteiger partial charge is 0.311 e. The molecule has 0 spiro atoms. The van der Waals surface area contributed by atoms with Gasteiger partial charge in [0.15, 0.2) is 0 Å². The highest BCUT2D eigenvalue weighted by Gasteiger charge is 2.46. The van der Waals surface area contributed by atoms with Crippen molar-refractivity contribution in [3.05, 3.63) is 12.2 Å². The maximum absolute atomic E-state index is 11.5. The van der Waals surface area contributed by atoms with E-state index >= 15 is 0 Å². The van der Waals surface area contributed by atoms with Crippen molar-refractivity contribution in [1.82, 2.24) is 0 Å². The highest BCUT2D eigenvalue weighted by atomic mass is 16.5. The van der Waals surface area contributed by atoms with E-state index in [0.29, 0.717) is 18.4 Å². The topological polar surface area (TPSA) is 52.3 Å². The summed E-state index contributed by atoms with van der Waals surface area (Å²) < 4.78 is 5.00. The van der Waals surface area contributed by atoms with Gasteiger partial charge in [0.05, 0.1) is 12.5 Å². The maximum Gasteiger partial charge on any atom is 0.311 e. The molecule has 3 heteroatoms. The van der Waals surface area contributed by atoms with Crippen molar-refractivity contribution in [2.24, 2.45) is 23.5 Å². The molecule has 0 amide bonds. The quantitative estimate of drug-likeness (QED) is 0.504. The summed E-state index contributed by atoms with van der Waals surface area (Å²) in [6.45, 7) is 2.27. The minimum atomic E-state index is -0.119. The SMILES string of the molecule is CCOC(=O)[C@H]1C2C=CC(C2)[C@H]1N. The molecule has 1 saturated carbocycles. The Balaban J connectivity index is 2.08. The van der Waals surface area contributed by atoms with Crippen LogP contribution in [0.25, 0.3) is 0 Å².